The number of hydrogen-bond donors (Lipinski definition) is 2. The summed E-state index contributed by atoms with van der Waals surface area (Å²) >= 11 is 1.35. The molecule has 128 valence electrons. The second-order valence-corrected chi connectivity index (χ2v) is 6.63. The van der Waals surface area contributed by atoms with Gasteiger partial charge in [-0.1, -0.05) is 24.3 Å². The van der Waals surface area contributed by atoms with Crippen LogP contribution in [0.4, 0.5) is 11.4 Å². The second-order valence-electron chi connectivity index (χ2n) is 5.38. The average Bonchev–Trinajstić information content (AvgIpc) is 2.62. The standard InChI is InChI=1S/C18H16N2O4S/c1-24-18(23)11-6-2-3-7-12(11)19-16(21)10-15-17(22)20-13-8-4-5-9-14(13)25-15/h2-9,15H,10H2,1H3,(H,19,21)(H,20,22)/t15-/m0/s1. The first-order chi connectivity index (χ1) is 12.1. The number of ether oxygens (including phenoxy) is 1. The Kier molecular flexibility index (Phi) is 5.04. The van der Waals surface area contributed by atoms with Crippen LogP contribution >= 0.6 is 11.8 Å². The highest BCUT2D eigenvalue weighted by Gasteiger charge is 2.29. The molecule has 1 aliphatic heterocycles. The molecule has 2 aromatic rings. The molecule has 0 aliphatic carbocycles. The number of amides is 2. The van der Waals surface area contributed by atoms with Gasteiger partial charge in [0, 0.05) is 11.3 Å². The van der Waals surface area contributed by atoms with Gasteiger partial charge >= 0.3 is 5.97 Å². The summed E-state index contributed by atoms with van der Waals surface area (Å²) in [6.07, 6.45) is 0.000338. The molecule has 0 fully saturated rings. The van der Waals surface area contributed by atoms with Gasteiger partial charge in [-0.15, -0.1) is 11.8 Å². The monoisotopic (exact) mass is 356 g/mol. The molecule has 0 saturated heterocycles. The number of esters is 1. The van der Waals surface area contributed by atoms with Crippen LogP contribution in [0.25, 0.3) is 0 Å². The fourth-order valence-electron chi connectivity index (χ4n) is 2.48. The molecule has 2 aromatic carbocycles. The summed E-state index contributed by atoms with van der Waals surface area (Å²) < 4.78 is 4.71. The van der Waals surface area contributed by atoms with Crippen LogP contribution in [0.1, 0.15) is 16.8 Å². The number of methoxy groups -OCH3 is 1. The lowest BCUT2D eigenvalue weighted by molar-refractivity contribution is -0.120. The minimum Gasteiger partial charge on any atom is -0.465 e. The fraction of sp³-hybridized carbons (Fsp3) is 0.167. The number of carbonyl (C=O) groups excluding carboxylic acids is 3. The number of nitrogens with one attached hydrogen (secondary N) is 2. The Morgan fingerprint density at radius 3 is 2.68 bits per heavy atom. The maximum absolute atomic E-state index is 12.3. The number of para-hydroxylation sites is 2. The number of anilines is 2. The van der Waals surface area contributed by atoms with E-state index in [4.69, 9.17) is 4.74 Å². The van der Waals surface area contributed by atoms with Gasteiger partial charge in [0.05, 0.1) is 29.3 Å². The van der Waals surface area contributed by atoms with Crippen molar-refractivity contribution in [1.82, 2.24) is 0 Å². The van der Waals surface area contributed by atoms with Gasteiger partial charge in [-0.05, 0) is 24.3 Å². The summed E-state index contributed by atoms with van der Waals surface area (Å²) in [5, 5.41) is 4.96. The highest BCUT2D eigenvalue weighted by molar-refractivity contribution is 8.01. The van der Waals surface area contributed by atoms with Gasteiger partial charge in [-0.3, -0.25) is 9.59 Å². The molecule has 0 spiro atoms. The van der Waals surface area contributed by atoms with Crippen LogP contribution in [0.2, 0.25) is 0 Å². The maximum Gasteiger partial charge on any atom is 0.339 e. The molecule has 1 aliphatic rings. The molecule has 2 N–H and O–H groups in total. The van der Waals surface area contributed by atoms with Crippen LogP contribution < -0.4 is 10.6 Å². The van der Waals surface area contributed by atoms with Crippen LogP contribution in [0.15, 0.2) is 53.4 Å². The summed E-state index contributed by atoms with van der Waals surface area (Å²) in [4.78, 5) is 37.2. The molecule has 0 aromatic heterocycles. The highest BCUT2D eigenvalue weighted by atomic mass is 32.2. The first-order valence-electron chi connectivity index (χ1n) is 7.62. The molecular formula is C18H16N2O4S. The van der Waals surface area contributed by atoms with Gasteiger partial charge in [0.15, 0.2) is 0 Å². The number of carbonyl (C=O) groups is 3. The lowest BCUT2D eigenvalue weighted by atomic mass is 10.1. The zero-order chi connectivity index (χ0) is 17.8. The zero-order valence-corrected chi connectivity index (χ0v) is 14.3. The van der Waals surface area contributed by atoms with E-state index in [1.807, 2.05) is 24.3 Å². The maximum atomic E-state index is 12.3. The van der Waals surface area contributed by atoms with Crippen molar-refractivity contribution in [3.8, 4) is 0 Å². The Labute approximate surface area is 148 Å². The van der Waals surface area contributed by atoms with Gasteiger partial charge in [-0.25, -0.2) is 4.79 Å². The molecule has 0 radical (unpaired) electrons. The molecule has 3 rings (SSSR count). The van der Waals surface area contributed by atoms with Crippen molar-refractivity contribution >= 4 is 40.9 Å². The minimum atomic E-state index is -0.533. The Balaban J connectivity index is 1.70. The summed E-state index contributed by atoms with van der Waals surface area (Å²) in [5.41, 5.74) is 1.38. The highest BCUT2D eigenvalue weighted by Crippen LogP contribution is 2.36. The third-order valence-electron chi connectivity index (χ3n) is 3.68. The first kappa shape index (κ1) is 17.0. The third kappa shape index (κ3) is 3.83. The van der Waals surface area contributed by atoms with E-state index in [0.717, 1.165) is 10.6 Å². The van der Waals surface area contributed by atoms with E-state index in [1.54, 1.807) is 24.3 Å². The van der Waals surface area contributed by atoms with E-state index in [9.17, 15) is 14.4 Å². The van der Waals surface area contributed by atoms with E-state index in [2.05, 4.69) is 10.6 Å². The minimum absolute atomic E-state index is 0.000338. The van der Waals surface area contributed by atoms with Gasteiger partial charge in [0.2, 0.25) is 11.8 Å². The average molecular weight is 356 g/mol. The zero-order valence-electron chi connectivity index (χ0n) is 13.4. The van der Waals surface area contributed by atoms with Crippen LogP contribution in [-0.2, 0) is 14.3 Å². The van der Waals surface area contributed by atoms with E-state index in [0.29, 0.717) is 5.69 Å². The third-order valence-corrected chi connectivity index (χ3v) is 4.96. The van der Waals surface area contributed by atoms with Crippen LogP contribution in [0.5, 0.6) is 0 Å². The van der Waals surface area contributed by atoms with Crippen molar-refractivity contribution in [2.45, 2.75) is 16.6 Å². The summed E-state index contributed by atoms with van der Waals surface area (Å²) in [6, 6.07) is 14.0. The lowest BCUT2D eigenvalue weighted by Crippen LogP contribution is -2.32. The van der Waals surface area contributed by atoms with Crippen molar-refractivity contribution in [2.24, 2.45) is 0 Å². The van der Waals surface area contributed by atoms with E-state index >= 15 is 0 Å². The van der Waals surface area contributed by atoms with Gasteiger partial charge in [-0.2, -0.15) is 0 Å². The van der Waals surface area contributed by atoms with E-state index in [-0.39, 0.29) is 23.8 Å². The molecule has 7 heteroatoms. The first-order valence-corrected chi connectivity index (χ1v) is 8.50. The van der Waals surface area contributed by atoms with Crippen molar-refractivity contribution in [3.63, 3.8) is 0 Å². The molecule has 6 nitrogen and oxygen atoms in total. The molecule has 25 heavy (non-hydrogen) atoms. The number of benzene rings is 2. The Bertz CT molecular complexity index is 837. The van der Waals surface area contributed by atoms with Gasteiger partial charge < -0.3 is 15.4 Å². The van der Waals surface area contributed by atoms with Crippen molar-refractivity contribution < 1.29 is 19.1 Å². The Morgan fingerprint density at radius 1 is 1.16 bits per heavy atom. The molecule has 2 amide bonds. The normalized spacial score (nSPS) is 15.7. The fourth-order valence-corrected chi connectivity index (χ4v) is 3.59. The summed E-state index contributed by atoms with van der Waals surface area (Å²) in [7, 11) is 1.28. The topological polar surface area (TPSA) is 84.5 Å². The predicted molar refractivity (Wildman–Crippen MR) is 95.7 cm³/mol. The second kappa shape index (κ2) is 7.40. The smallest absolute Gasteiger partial charge is 0.339 e. The van der Waals surface area contributed by atoms with Gasteiger partial charge in [0.1, 0.15) is 0 Å². The molecule has 0 bridgehead atoms. The van der Waals surface area contributed by atoms with E-state index in [1.165, 1.54) is 18.9 Å². The molecule has 0 unspecified atom stereocenters. The molecule has 0 saturated carbocycles. The largest absolute Gasteiger partial charge is 0.465 e. The Morgan fingerprint density at radius 2 is 1.88 bits per heavy atom. The van der Waals surface area contributed by atoms with Crippen molar-refractivity contribution in [2.75, 3.05) is 17.7 Å². The number of fused-ring (bicyclic) bond motifs is 1. The predicted octanol–water partition coefficient (Wildman–Crippen LogP) is 2.91. The van der Waals surface area contributed by atoms with Gasteiger partial charge in [0.25, 0.3) is 0 Å². The molecule has 1 heterocycles. The number of rotatable bonds is 4. The molecular weight excluding hydrogens is 340 g/mol. The summed E-state index contributed by atoms with van der Waals surface area (Å²) in [5.74, 6) is -1.09. The lowest BCUT2D eigenvalue weighted by Gasteiger charge is -2.23. The number of thioether (sulfide) groups is 1. The van der Waals surface area contributed by atoms with Crippen LogP contribution in [-0.4, -0.2) is 30.1 Å². The SMILES string of the molecule is COC(=O)c1ccccc1NC(=O)C[C@@H]1Sc2ccccc2NC1=O. The number of hydrogen-bond acceptors (Lipinski definition) is 5. The summed E-state index contributed by atoms with van der Waals surface area (Å²) in [6.45, 7) is 0. The van der Waals surface area contributed by atoms with Crippen molar-refractivity contribution in [1.29, 1.82) is 0 Å². The Hall–Kier alpha value is -2.80. The van der Waals surface area contributed by atoms with Crippen LogP contribution in [0.3, 0.4) is 0 Å². The van der Waals surface area contributed by atoms with Crippen LogP contribution in [0, 0.1) is 0 Å². The van der Waals surface area contributed by atoms with E-state index < -0.39 is 11.2 Å². The molecule has 1 atom stereocenters. The van der Waals surface area contributed by atoms with Crippen molar-refractivity contribution in [3.05, 3.63) is 54.1 Å². The quantitative estimate of drug-likeness (QED) is 0.823.